The van der Waals surface area contributed by atoms with Gasteiger partial charge in [0.1, 0.15) is 11.6 Å². The molecule has 0 unspecified atom stereocenters. The number of hydrogen-bond donors (Lipinski definition) is 1. The van der Waals surface area contributed by atoms with Gasteiger partial charge in [-0.2, -0.15) is 0 Å². The highest BCUT2D eigenvalue weighted by atomic mass is 16.5. The summed E-state index contributed by atoms with van der Waals surface area (Å²) in [6.07, 6.45) is 8.65. The molecule has 1 saturated heterocycles. The predicted molar refractivity (Wildman–Crippen MR) is 142 cm³/mol. The van der Waals surface area contributed by atoms with Gasteiger partial charge in [-0.15, -0.1) is 0 Å². The lowest BCUT2D eigenvalue weighted by molar-refractivity contribution is -0.114. The van der Waals surface area contributed by atoms with Crippen LogP contribution in [0.4, 0.5) is 5.82 Å². The molecule has 0 spiro atoms. The lowest BCUT2D eigenvalue weighted by atomic mass is 10.1. The number of rotatable bonds is 8. The Bertz CT molecular complexity index is 1470. The third-order valence-corrected chi connectivity index (χ3v) is 6.20. The Kier molecular flexibility index (Phi) is 7.41. The number of benzene rings is 1. The van der Waals surface area contributed by atoms with Crippen LogP contribution in [-0.2, 0) is 16.0 Å². The van der Waals surface area contributed by atoms with Gasteiger partial charge < -0.3 is 24.5 Å². The smallest absolute Gasteiger partial charge is 0.257 e. The van der Waals surface area contributed by atoms with E-state index in [2.05, 4.69) is 15.0 Å². The van der Waals surface area contributed by atoms with Gasteiger partial charge in [0.05, 0.1) is 25.9 Å². The van der Waals surface area contributed by atoms with E-state index in [9.17, 15) is 9.59 Å². The molecule has 0 atom stereocenters. The Morgan fingerprint density at radius 1 is 1.08 bits per heavy atom. The van der Waals surface area contributed by atoms with Gasteiger partial charge in [0.15, 0.2) is 22.9 Å². The lowest BCUT2D eigenvalue weighted by Crippen LogP contribution is -2.40. The second kappa shape index (κ2) is 11.2. The highest BCUT2D eigenvalue weighted by molar-refractivity contribution is 5.95. The number of methoxy groups -OCH3 is 1. The second-order valence-electron chi connectivity index (χ2n) is 8.83. The average Bonchev–Trinajstić information content (AvgIpc) is 3.38. The fourth-order valence-electron chi connectivity index (χ4n) is 4.15. The summed E-state index contributed by atoms with van der Waals surface area (Å²) in [6.45, 7) is 2.17. The zero-order valence-electron chi connectivity index (χ0n) is 20.9. The lowest BCUT2D eigenvalue weighted by Gasteiger charge is -2.26. The van der Waals surface area contributed by atoms with Crippen molar-refractivity contribution in [2.75, 3.05) is 39.1 Å². The molecule has 1 amide bonds. The van der Waals surface area contributed by atoms with E-state index in [1.807, 2.05) is 12.1 Å². The van der Waals surface area contributed by atoms with Gasteiger partial charge in [0.2, 0.25) is 0 Å². The Morgan fingerprint density at radius 3 is 2.58 bits per heavy atom. The van der Waals surface area contributed by atoms with Crippen LogP contribution >= 0.6 is 0 Å². The molecule has 1 aliphatic heterocycles. The van der Waals surface area contributed by atoms with Crippen molar-refractivity contribution in [3.8, 4) is 17.1 Å². The highest BCUT2D eigenvalue weighted by Crippen LogP contribution is 2.34. The van der Waals surface area contributed by atoms with Gasteiger partial charge in [0, 0.05) is 55.5 Å². The Balaban J connectivity index is 1.29. The molecule has 1 aromatic carbocycles. The number of carbonyl (C=O) groups is 2. The maximum atomic E-state index is 12.7. The number of allylic oxidation sites excluding steroid dienone is 1. The number of ether oxygens (including phenoxy) is 2. The van der Waals surface area contributed by atoms with Gasteiger partial charge in [-0.05, 0) is 48.0 Å². The minimum atomic E-state index is -0.109. The van der Waals surface area contributed by atoms with Crippen LogP contribution in [-0.4, -0.2) is 65.0 Å². The number of ketones is 1. The van der Waals surface area contributed by atoms with Crippen LogP contribution in [0.2, 0.25) is 0 Å². The van der Waals surface area contributed by atoms with Crippen LogP contribution in [0.15, 0.2) is 59.4 Å². The van der Waals surface area contributed by atoms with Crippen molar-refractivity contribution in [2.24, 2.45) is 0 Å². The van der Waals surface area contributed by atoms with Crippen molar-refractivity contribution in [3.63, 3.8) is 0 Å². The summed E-state index contributed by atoms with van der Waals surface area (Å²) in [5.74, 6) is 1.95. The first-order valence-corrected chi connectivity index (χ1v) is 12.2. The number of aryl methyl sites for hydroxylation is 1. The molecule has 0 aliphatic carbocycles. The number of fused-ring (bicyclic) bond motifs is 1. The van der Waals surface area contributed by atoms with Gasteiger partial charge >= 0.3 is 0 Å². The van der Waals surface area contributed by atoms with Crippen molar-refractivity contribution >= 4 is 34.6 Å². The number of carbonyl (C=O) groups excluding carboxylic acids is 2. The van der Waals surface area contributed by atoms with Gasteiger partial charge in [-0.1, -0.05) is 0 Å². The number of hydrogen-bond acceptors (Lipinski definition) is 9. The van der Waals surface area contributed by atoms with E-state index in [0.29, 0.717) is 67.0 Å². The minimum Gasteiger partial charge on any atom is -0.493 e. The fourth-order valence-corrected chi connectivity index (χ4v) is 4.15. The maximum Gasteiger partial charge on any atom is 0.257 e. The molecule has 1 aliphatic rings. The molecule has 0 bridgehead atoms. The van der Waals surface area contributed by atoms with E-state index in [1.54, 1.807) is 42.5 Å². The quantitative estimate of drug-likeness (QED) is 0.351. The third kappa shape index (κ3) is 5.70. The molecule has 0 radical (unpaired) electrons. The summed E-state index contributed by atoms with van der Waals surface area (Å²) in [5.41, 5.74) is 8.13. The van der Waals surface area contributed by atoms with Crippen LogP contribution in [0.1, 0.15) is 28.1 Å². The fraction of sp³-hybridized carbons (Fsp3) is 0.250. The summed E-state index contributed by atoms with van der Waals surface area (Å²) in [6, 6.07) is 9.07. The molecule has 38 heavy (non-hydrogen) atoms. The van der Waals surface area contributed by atoms with Gasteiger partial charge in [-0.25, -0.2) is 15.0 Å². The molecule has 2 N–H and O–H groups in total. The number of nitrogen functional groups attached to an aromatic ring is 1. The third-order valence-electron chi connectivity index (χ3n) is 6.20. The summed E-state index contributed by atoms with van der Waals surface area (Å²) in [4.78, 5) is 39.6. The summed E-state index contributed by atoms with van der Waals surface area (Å²) < 4.78 is 16.9. The monoisotopic (exact) mass is 513 g/mol. The molecule has 4 aromatic rings. The molecular formula is C28H27N5O5. The van der Waals surface area contributed by atoms with Crippen LogP contribution in [0, 0.1) is 0 Å². The number of amides is 1. The number of nitrogens with zero attached hydrogens (tertiary/aromatic N) is 4. The van der Waals surface area contributed by atoms with Crippen molar-refractivity contribution in [3.05, 3.63) is 71.9 Å². The van der Waals surface area contributed by atoms with E-state index in [1.165, 1.54) is 18.5 Å². The zero-order chi connectivity index (χ0) is 26.5. The molecular weight excluding hydrogens is 486 g/mol. The summed E-state index contributed by atoms with van der Waals surface area (Å²) in [5, 5.41) is 0.808. The topological polar surface area (TPSA) is 134 Å². The average molecular weight is 514 g/mol. The van der Waals surface area contributed by atoms with Crippen molar-refractivity contribution in [1.29, 1.82) is 0 Å². The van der Waals surface area contributed by atoms with Crippen molar-refractivity contribution < 1.29 is 23.5 Å². The Labute approximate surface area is 219 Å². The summed E-state index contributed by atoms with van der Waals surface area (Å²) in [7, 11) is 1.56. The number of morpholine rings is 1. The molecule has 10 heteroatoms. The van der Waals surface area contributed by atoms with Crippen LogP contribution < -0.4 is 10.5 Å². The number of anilines is 1. The van der Waals surface area contributed by atoms with Crippen LogP contribution in [0.3, 0.4) is 0 Å². The van der Waals surface area contributed by atoms with E-state index >= 15 is 0 Å². The van der Waals surface area contributed by atoms with E-state index in [4.69, 9.17) is 19.6 Å². The van der Waals surface area contributed by atoms with Crippen LogP contribution in [0.5, 0.6) is 5.75 Å². The van der Waals surface area contributed by atoms with Crippen LogP contribution in [0.25, 0.3) is 28.4 Å². The number of aromatic nitrogens is 3. The summed E-state index contributed by atoms with van der Waals surface area (Å²) >= 11 is 0. The Hall–Kier alpha value is -4.57. The first-order valence-electron chi connectivity index (χ1n) is 12.2. The molecule has 194 valence electrons. The number of pyridine rings is 1. The number of nitrogens with two attached hydrogens (primary N) is 1. The molecule has 4 heterocycles. The normalized spacial score (nSPS) is 13.8. The van der Waals surface area contributed by atoms with Gasteiger partial charge in [-0.3, -0.25) is 9.59 Å². The SMILES string of the molecule is COc1cc(-c2ncc(C(=O)N3CCOCC3)cn2)cc2cc(CCC(=O)/C=C/c3ccc(N)nc3)oc12. The van der Waals surface area contributed by atoms with Crippen molar-refractivity contribution in [1.82, 2.24) is 19.9 Å². The standard InChI is InChI=1S/C28H27N5O5/c1-36-24-14-20(27-31-16-21(17-32-27)28(35)33-8-10-37-11-9-33)12-19-13-23(38-26(19)24)6-5-22(34)4-2-18-3-7-25(29)30-15-18/h2-4,7,12-17H,5-6,8-11H2,1H3,(H2,29,30)/b4-2+. The van der Waals surface area contributed by atoms with Crippen molar-refractivity contribution in [2.45, 2.75) is 12.8 Å². The first-order chi connectivity index (χ1) is 18.5. The molecule has 3 aromatic heterocycles. The maximum absolute atomic E-state index is 12.7. The molecule has 0 saturated carbocycles. The first kappa shape index (κ1) is 25.1. The minimum absolute atomic E-state index is 0.0324. The zero-order valence-corrected chi connectivity index (χ0v) is 20.9. The van der Waals surface area contributed by atoms with E-state index in [0.717, 1.165) is 16.5 Å². The highest BCUT2D eigenvalue weighted by Gasteiger charge is 2.20. The predicted octanol–water partition coefficient (Wildman–Crippen LogP) is 3.56. The molecule has 1 fully saturated rings. The Morgan fingerprint density at radius 2 is 1.87 bits per heavy atom. The molecule has 5 rings (SSSR count). The second-order valence-corrected chi connectivity index (χ2v) is 8.83. The molecule has 10 nitrogen and oxygen atoms in total. The largest absolute Gasteiger partial charge is 0.493 e. The van der Waals surface area contributed by atoms with Gasteiger partial charge in [0.25, 0.3) is 5.91 Å². The van der Waals surface area contributed by atoms with E-state index in [-0.39, 0.29) is 18.1 Å². The number of furan rings is 1. The van der Waals surface area contributed by atoms with E-state index < -0.39 is 0 Å².